The van der Waals surface area contributed by atoms with Gasteiger partial charge >= 0.3 is 0 Å². The quantitative estimate of drug-likeness (QED) is 0.559. The number of hydrogen-bond acceptors (Lipinski definition) is 4. The summed E-state index contributed by atoms with van der Waals surface area (Å²) in [6.45, 7) is 14.4. The lowest BCUT2D eigenvalue weighted by atomic mass is 10.0. The minimum Gasteiger partial charge on any atom is -0.380 e. The van der Waals surface area contributed by atoms with Crippen LogP contribution in [0.25, 0.3) is 0 Å². The van der Waals surface area contributed by atoms with Gasteiger partial charge in [0.2, 0.25) is 0 Å². The molecule has 4 heteroatoms. The summed E-state index contributed by atoms with van der Waals surface area (Å²) < 4.78 is 10.8. The van der Waals surface area contributed by atoms with Gasteiger partial charge in [-0.25, -0.2) is 0 Å². The van der Waals surface area contributed by atoms with Crippen molar-refractivity contribution in [3.8, 4) is 0 Å². The predicted octanol–water partition coefficient (Wildman–Crippen LogP) is 1.34. The molecular weight excluding hydrogens is 216 g/mol. The van der Waals surface area contributed by atoms with E-state index < -0.39 is 0 Å². The lowest BCUT2D eigenvalue weighted by Crippen LogP contribution is -2.39. The third-order valence-electron chi connectivity index (χ3n) is 2.96. The third kappa shape index (κ3) is 9.53. The Morgan fingerprint density at radius 3 is 1.82 bits per heavy atom. The largest absolute Gasteiger partial charge is 0.380 e. The Balaban J connectivity index is 3.91. The van der Waals surface area contributed by atoms with E-state index in [0.29, 0.717) is 5.92 Å². The van der Waals surface area contributed by atoms with Crippen molar-refractivity contribution in [1.82, 2.24) is 4.90 Å². The minimum absolute atomic E-state index is 0.233. The van der Waals surface area contributed by atoms with E-state index in [0.717, 1.165) is 46.1 Å². The van der Waals surface area contributed by atoms with Crippen LogP contribution in [0.4, 0.5) is 0 Å². The van der Waals surface area contributed by atoms with E-state index in [4.69, 9.17) is 15.2 Å². The van der Waals surface area contributed by atoms with Gasteiger partial charge in [0, 0.05) is 38.9 Å². The molecule has 0 aromatic rings. The molecule has 2 unspecified atom stereocenters. The van der Waals surface area contributed by atoms with Crippen molar-refractivity contribution >= 4 is 0 Å². The molecule has 4 nitrogen and oxygen atoms in total. The van der Waals surface area contributed by atoms with Crippen LogP contribution < -0.4 is 5.73 Å². The highest BCUT2D eigenvalue weighted by atomic mass is 16.5. The summed E-state index contributed by atoms with van der Waals surface area (Å²) in [7, 11) is 0. The standard InChI is InChI=1S/C13H30N2O2/c1-5-16-9-7-15(8-10-17-6-2)11-12(3)13(4)14/h12-13H,5-11,14H2,1-4H3. The van der Waals surface area contributed by atoms with E-state index in [1.807, 2.05) is 13.8 Å². The Labute approximate surface area is 106 Å². The Hall–Kier alpha value is -0.160. The van der Waals surface area contributed by atoms with Gasteiger partial charge in [0.15, 0.2) is 0 Å². The number of rotatable bonds is 11. The minimum atomic E-state index is 0.233. The fourth-order valence-corrected chi connectivity index (χ4v) is 1.54. The van der Waals surface area contributed by atoms with Crippen LogP contribution >= 0.6 is 0 Å². The Bertz CT molecular complexity index is 155. The molecule has 2 N–H and O–H groups in total. The first-order valence-corrected chi connectivity index (χ1v) is 6.75. The molecule has 0 amide bonds. The Kier molecular flexibility index (Phi) is 10.9. The average Bonchev–Trinajstić information content (AvgIpc) is 2.29. The maximum absolute atomic E-state index is 5.90. The van der Waals surface area contributed by atoms with Crippen molar-refractivity contribution in [2.45, 2.75) is 33.7 Å². The summed E-state index contributed by atoms with van der Waals surface area (Å²) in [6, 6.07) is 0.233. The van der Waals surface area contributed by atoms with Crippen LogP contribution in [0.3, 0.4) is 0 Å². The van der Waals surface area contributed by atoms with Crippen molar-refractivity contribution in [2.75, 3.05) is 46.1 Å². The van der Waals surface area contributed by atoms with Gasteiger partial charge in [-0.2, -0.15) is 0 Å². The van der Waals surface area contributed by atoms with Gasteiger partial charge in [-0.1, -0.05) is 6.92 Å². The topological polar surface area (TPSA) is 47.7 Å². The normalized spacial score (nSPS) is 15.2. The molecule has 104 valence electrons. The first kappa shape index (κ1) is 16.8. The fraction of sp³-hybridized carbons (Fsp3) is 1.00. The van der Waals surface area contributed by atoms with Crippen LogP contribution in [-0.2, 0) is 9.47 Å². The zero-order valence-electron chi connectivity index (χ0n) is 11.9. The molecule has 0 saturated carbocycles. The van der Waals surface area contributed by atoms with Crippen LogP contribution in [-0.4, -0.2) is 57.0 Å². The van der Waals surface area contributed by atoms with E-state index in [1.54, 1.807) is 0 Å². The zero-order chi connectivity index (χ0) is 13.1. The van der Waals surface area contributed by atoms with Crippen molar-refractivity contribution in [2.24, 2.45) is 11.7 Å². The molecule has 0 rings (SSSR count). The van der Waals surface area contributed by atoms with Crippen molar-refractivity contribution in [1.29, 1.82) is 0 Å². The molecule has 0 radical (unpaired) electrons. The number of nitrogens with two attached hydrogens (primary N) is 1. The second kappa shape index (κ2) is 11.0. The molecule has 0 spiro atoms. The highest BCUT2D eigenvalue weighted by molar-refractivity contribution is 4.69. The molecule has 0 aromatic carbocycles. The summed E-state index contributed by atoms with van der Waals surface area (Å²) in [5.41, 5.74) is 5.90. The number of hydrogen-bond donors (Lipinski definition) is 1. The second-order valence-corrected chi connectivity index (χ2v) is 4.53. The van der Waals surface area contributed by atoms with Crippen LogP contribution in [0.2, 0.25) is 0 Å². The molecule has 0 fully saturated rings. The van der Waals surface area contributed by atoms with Gasteiger partial charge in [0.25, 0.3) is 0 Å². The van der Waals surface area contributed by atoms with Crippen LogP contribution in [0, 0.1) is 5.92 Å². The monoisotopic (exact) mass is 246 g/mol. The van der Waals surface area contributed by atoms with Gasteiger partial charge in [-0.15, -0.1) is 0 Å². The zero-order valence-corrected chi connectivity index (χ0v) is 11.9. The Morgan fingerprint density at radius 2 is 1.47 bits per heavy atom. The van der Waals surface area contributed by atoms with Gasteiger partial charge in [0.05, 0.1) is 13.2 Å². The molecule has 0 bridgehead atoms. The van der Waals surface area contributed by atoms with Gasteiger partial charge in [-0.05, 0) is 26.7 Å². The smallest absolute Gasteiger partial charge is 0.0593 e. The summed E-state index contributed by atoms with van der Waals surface area (Å²) in [5, 5.41) is 0. The summed E-state index contributed by atoms with van der Waals surface area (Å²) in [6.07, 6.45) is 0. The molecular formula is C13H30N2O2. The maximum atomic E-state index is 5.90. The van der Waals surface area contributed by atoms with E-state index in [9.17, 15) is 0 Å². The predicted molar refractivity (Wildman–Crippen MR) is 72.2 cm³/mol. The maximum Gasteiger partial charge on any atom is 0.0593 e. The van der Waals surface area contributed by atoms with Crippen LogP contribution in [0.5, 0.6) is 0 Å². The molecule has 0 aliphatic rings. The second-order valence-electron chi connectivity index (χ2n) is 4.53. The van der Waals surface area contributed by atoms with Gasteiger partial charge in [0.1, 0.15) is 0 Å². The first-order chi connectivity index (χ1) is 8.11. The number of ether oxygens (including phenoxy) is 2. The third-order valence-corrected chi connectivity index (χ3v) is 2.96. The van der Waals surface area contributed by atoms with E-state index >= 15 is 0 Å². The molecule has 2 atom stereocenters. The highest BCUT2D eigenvalue weighted by Crippen LogP contribution is 2.03. The van der Waals surface area contributed by atoms with E-state index in [1.165, 1.54) is 0 Å². The molecule has 17 heavy (non-hydrogen) atoms. The van der Waals surface area contributed by atoms with Crippen molar-refractivity contribution in [3.05, 3.63) is 0 Å². The van der Waals surface area contributed by atoms with Crippen molar-refractivity contribution in [3.63, 3.8) is 0 Å². The van der Waals surface area contributed by atoms with Gasteiger partial charge < -0.3 is 15.2 Å². The average molecular weight is 246 g/mol. The molecule has 0 aromatic heterocycles. The summed E-state index contributed by atoms with van der Waals surface area (Å²) >= 11 is 0. The first-order valence-electron chi connectivity index (χ1n) is 6.75. The molecule has 0 heterocycles. The summed E-state index contributed by atoms with van der Waals surface area (Å²) in [4.78, 5) is 2.37. The number of nitrogens with zero attached hydrogens (tertiary/aromatic N) is 1. The fourth-order valence-electron chi connectivity index (χ4n) is 1.54. The highest BCUT2D eigenvalue weighted by Gasteiger charge is 2.13. The molecule has 0 saturated heterocycles. The van der Waals surface area contributed by atoms with Crippen molar-refractivity contribution < 1.29 is 9.47 Å². The lowest BCUT2D eigenvalue weighted by Gasteiger charge is -2.27. The molecule has 0 aliphatic carbocycles. The lowest BCUT2D eigenvalue weighted by molar-refractivity contribution is 0.0753. The molecule has 0 aliphatic heterocycles. The summed E-state index contributed by atoms with van der Waals surface area (Å²) in [5.74, 6) is 0.498. The Morgan fingerprint density at radius 1 is 1.00 bits per heavy atom. The van der Waals surface area contributed by atoms with Crippen LogP contribution in [0.15, 0.2) is 0 Å². The SMILES string of the molecule is CCOCCN(CCOCC)CC(C)C(C)N. The van der Waals surface area contributed by atoms with E-state index in [2.05, 4.69) is 18.7 Å². The van der Waals surface area contributed by atoms with Gasteiger partial charge in [-0.3, -0.25) is 4.90 Å². The van der Waals surface area contributed by atoms with E-state index in [-0.39, 0.29) is 6.04 Å². The van der Waals surface area contributed by atoms with Crippen LogP contribution in [0.1, 0.15) is 27.7 Å².